The van der Waals surface area contributed by atoms with Crippen molar-refractivity contribution in [3.63, 3.8) is 0 Å². The molecule has 1 aromatic heterocycles. The number of likely N-dealkylation sites (N-methyl/N-ethyl adjacent to an activating group) is 1. The summed E-state index contributed by atoms with van der Waals surface area (Å²) >= 11 is 0. The van der Waals surface area contributed by atoms with Crippen LogP contribution in [0.3, 0.4) is 0 Å². The van der Waals surface area contributed by atoms with Gasteiger partial charge in [-0.1, -0.05) is 18.2 Å². The molecule has 0 aliphatic rings. The van der Waals surface area contributed by atoms with Gasteiger partial charge >= 0.3 is 0 Å². The van der Waals surface area contributed by atoms with E-state index in [4.69, 9.17) is 9.15 Å². The molecular formula is C15H16N2O4. The van der Waals surface area contributed by atoms with Crippen molar-refractivity contribution in [3.05, 3.63) is 54.0 Å². The molecule has 21 heavy (non-hydrogen) atoms. The minimum atomic E-state index is -0.449. The van der Waals surface area contributed by atoms with Crippen LogP contribution in [-0.4, -0.2) is 25.4 Å². The molecule has 2 rings (SSSR count). The van der Waals surface area contributed by atoms with Crippen LogP contribution in [0.5, 0.6) is 5.75 Å². The lowest BCUT2D eigenvalue weighted by atomic mass is 10.2. The number of hydrogen-bond acceptors (Lipinski definition) is 4. The van der Waals surface area contributed by atoms with Crippen LogP contribution in [0.25, 0.3) is 0 Å². The Hall–Kier alpha value is -2.76. The molecule has 0 saturated heterocycles. The predicted octanol–water partition coefficient (Wildman–Crippen LogP) is 1.33. The van der Waals surface area contributed by atoms with Crippen molar-refractivity contribution in [1.82, 2.24) is 10.6 Å². The maximum absolute atomic E-state index is 11.9. The van der Waals surface area contributed by atoms with E-state index in [0.29, 0.717) is 11.3 Å². The number of furan rings is 1. The van der Waals surface area contributed by atoms with Gasteiger partial charge in [-0.2, -0.15) is 0 Å². The highest BCUT2D eigenvalue weighted by Crippen LogP contribution is 2.15. The molecule has 0 aliphatic carbocycles. The fourth-order valence-corrected chi connectivity index (χ4v) is 1.66. The Morgan fingerprint density at radius 3 is 2.67 bits per heavy atom. The summed E-state index contributed by atoms with van der Waals surface area (Å²) in [5.74, 6) is 0.123. The average molecular weight is 288 g/mol. The summed E-state index contributed by atoms with van der Waals surface area (Å²) in [6, 6.07) is 10.9. The molecule has 0 fully saturated rings. The van der Waals surface area contributed by atoms with Gasteiger partial charge in [0.25, 0.3) is 5.91 Å². The van der Waals surface area contributed by atoms with Crippen molar-refractivity contribution >= 4 is 11.8 Å². The van der Waals surface area contributed by atoms with Gasteiger partial charge in [-0.15, -0.1) is 0 Å². The number of para-hydroxylation sites is 1. The van der Waals surface area contributed by atoms with E-state index in [1.165, 1.54) is 13.3 Å². The van der Waals surface area contributed by atoms with Crippen molar-refractivity contribution < 1.29 is 18.7 Å². The molecule has 6 nitrogen and oxygen atoms in total. The van der Waals surface area contributed by atoms with Crippen molar-refractivity contribution in [2.75, 3.05) is 13.6 Å². The molecule has 0 bridgehead atoms. The lowest BCUT2D eigenvalue weighted by Gasteiger charge is -2.06. The van der Waals surface area contributed by atoms with Gasteiger partial charge in [0.05, 0.1) is 12.8 Å². The van der Waals surface area contributed by atoms with Gasteiger partial charge in [0.2, 0.25) is 5.91 Å². The molecule has 0 radical (unpaired) electrons. The third-order valence-electron chi connectivity index (χ3n) is 2.78. The largest absolute Gasteiger partial charge is 0.489 e. The van der Waals surface area contributed by atoms with Crippen LogP contribution in [0.15, 0.2) is 47.1 Å². The van der Waals surface area contributed by atoms with E-state index in [-0.39, 0.29) is 24.8 Å². The topological polar surface area (TPSA) is 80.6 Å². The maximum Gasteiger partial charge on any atom is 0.287 e. The van der Waals surface area contributed by atoms with Crippen LogP contribution >= 0.6 is 0 Å². The van der Waals surface area contributed by atoms with Crippen molar-refractivity contribution in [3.8, 4) is 5.75 Å². The number of ether oxygens (including phenoxy) is 1. The van der Waals surface area contributed by atoms with Gasteiger partial charge in [0.1, 0.15) is 12.4 Å². The van der Waals surface area contributed by atoms with E-state index >= 15 is 0 Å². The Bertz CT molecular complexity index is 607. The van der Waals surface area contributed by atoms with Crippen molar-refractivity contribution in [2.24, 2.45) is 0 Å². The molecule has 1 heterocycles. The van der Waals surface area contributed by atoms with Crippen LogP contribution in [0.2, 0.25) is 0 Å². The summed E-state index contributed by atoms with van der Waals surface area (Å²) in [5, 5.41) is 4.89. The Morgan fingerprint density at radius 2 is 1.95 bits per heavy atom. The zero-order valence-corrected chi connectivity index (χ0v) is 11.6. The van der Waals surface area contributed by atoms with E-state index in [1.807, 2.05) is 30.3 Å². The maximum atomic E-state index is 11.9. The lowest BCUT2D eigenvalue weighted by Crippen LogP contribution is -2.35. The van der Waals surface area contributed by atoms with E-state index < -0.39 is 5.91 Å². The summed E-state index contributed by atoms with van der Waals surface area (Å²) in [6.07, 6.45) is 1.42. The fourth-order valence-electron chi connectivity index (χ4n) is 1.66. The summed E-state index contributed by atoms with van der Waals surface area (Å²) in [6.45, 7) is 0.109. The second-order valence-electron chi connectivity index (χ2n) is 4.23. The Balaban J connectivity index is 1.95. The highest BCUT2D eigenvalue weighted by Gasteiger charge is 2.16. The van der Waals surface area contributed by atoms with Crippen molar-refractivity contribution in [1.29, 1.82) is 0 Å². The van der Waals surface area contributed by atoms with Crippen LogP contribution in [0.4, 0.5) is 0 Å². The lowest BCUT2D eigenvalue weighted by molar-refractivity contribution is -0.119. The number of carbonyl (C=O) groups is 2. The Labute approximate surface area is 122 Å². The molecule has 1 aromatic carbocycles. The van der Waals surface area contributed by atoms with Gasteiger partial charge in [-0.25, -0.2) is 0 Å². The van der Waals surface area contributed by atoms with Crippen LogP contribution in [0, 0.1) is 0 Å². The number of nitrogens with one attached hydrogen (secondary N) is 2. The van der Waals surface area contributed by atoms with Gasteiger partial charge in [0.15, 0.2) is 5.76 Å². The first-order valence-corrected chi connectivity index (χ1v) is 6.43. The van der Waals surface area contributed by atoms with E-state index in [0.717, 1.165) is 0 Å². The summed E-state index contributed by atoms with van der Waals surface area (Å²) < 4.78 is 10.7. The van der Waals surface area contributed by atoms with Crippen LogP contribution in [0.1, 0.15) is 16.1 Å². The quantitative estimate of drug-likeness (QED) is 0.840. The number of rotatable bonds is 6. The molecular weight excluding hydrogens is 272 g/mol. The molecule has 110 valence electrons. The second-order valence-corrected chi connectivity index (χ2v) is 4.23. The molecule has 6 heteroatoms. The molecule has 0 unspecified atom stereocenters. The minimum Gasteiger partial charge on any atom is -0.489 e. The third-order valence-corrected chi connectivity index (χ3v) is 2.78. The number of amides is 2. The molecule has 2 N–H and O–H groups in total. The first-order chi connectivity index (χ1) is 10.2. The van der Waals surface area contributed by atoms with Gasteiger partial charge in [-0.3, -0.25) is 9.59 Å². The molecule has 2 amide bonds. The summed E-state index contributed by atoms with van der Waals surface area (Å²) in [7, 11) is 1.50. The third kappa shape index (κ3) is 4.10. The smallest absolute Gasteiger partial charge is 0.287 e. The number of carbonyl (C=O) groups excluding carboxylic acids is 2. The van der Waals surface area contributed by atoms with Crippen LogP contribution < -0.4 is 15.4 Å². The second kappa shape index (κ2) is 7.14. The fraction of sp³-hybridized carbons (Fsp3) is 0.200. The zero-order valence-electron chi connectivity index (χ0n) is 11.6. The molecule has 0 atom stereocenters. The average Bonchev–Trinajstić information content (AvgIpc) is 2.99. The van der Waals surface area contributed by atoms with Crippen molar-refractivity contribution in [2.45, 2.75) is 6.61 Å². The number of hydrogen-bond donors (Lipinski definition) is 2. The SMILES string of the molecule is CNC(=O)CNC(=O)c1occc1COc1ccccc1. The molecule has 0 spiro atoms. The van der Waals surface area contributed by atoms with Gasteiger partial charge < -0.3 is 19.8 Å². The zero-order chi connectivity index (χ0) is 15.1. The first kappa shape index (κ1) is 14.6. The molecule has 0 aliphatic heterocycles. The predicted molar refractivity (Wildman–Crippen MR) is 75.9 cm³/mol. The monoisotopic (exact) mass is 288 g/mol. The number of benzene rings is 1. The van der Waals surface area contributed by atoms with E-state index in [1.54, 1.807) is 6.07 Å². The minimum absolute atomic E-state index is 0.102. The summed E-state index contributed by atoms with van der Waals surface area (Å²) in [4.78, 5) is 23.0. The summed E-state index contributed by atoms with van der Waals surface area (Å²) in [5.41, 5.74) is 0.619. The van der Waals surface area contributed by atoms with Gasteiger partial charge in [0, 0.05) is 12.6 Å². The van der Waals surface area contributed by atoms with E-state index in [9.17, 15) is 9.59 Å². The first-order valence-electron chi connectivity index (χ1n) is 6.43. The standard InChI is InChI=1S/C15H16N2O4/c1-16-13(18)9-17-15(19)14-11(7-8-20-14)10-21-12-5-3-2-4-6-12/h2-8H,9-10H2,1H3,(H,16,18)(H,17,19). The molecule has 0 saturated carbocycles. The van der Waals surface area contributed by atoms with Crippen LogP contribution in [-0.2, 0) is 11.4 Å². The van der Waals surface area contributed by atoms with E-state index in [2.05, 4.69) is 10.6 Å². The molecule has 2 aromatic rings. The normalized spacial score (nSPS) is 9.95. The van der Waals surface area contributed by atoms with Gasteiger partial charge in [-0.05, 0) is 18.2 Å². The Morgan fingerprint density at radius 1 is 1.19 bits per heavy atom. The Kier molecular flexibility index (Phi) is 4.98. The highest BCUT2D eigenvalue weighted by molar-refractivity contribution is 5.95. The highest BCUT2D eigenvalue weighted by atomic mass is 16.5.